The summed E-state index contributed by atoms with van der Waals surface area (Å²) in [6, 6.07) is 3.49. The molecule has 0 aliphatic carbocycles. The minimum absolute atomic E-state index is 0.137. The first-order chi connectivity index (χ1) is 9.44. The molecule has 8 heteroatoms. The summed E-state index contributed by atoms with van der Waals surface area (Å²) in [7, 11) is 1.78. The molecule has 0 saturated heterocycles. The van der Waals surface area contributed by atoms with Gasteiger partial charge in [0.15, 0.2) is 5.16 Å². The summed E-state index contributed by atoms with van der Waals surface area (Å²) in [6.45, 7) is 3.70. The van der Waals surface area contributed by atoms with E-state index < -0.39 is 0 Å². The third kappa shape index (κ3) is 3.70. The van der Waals surface area contributed by atoms with Crippen LogP contribution in [0.4, 0.5) is 11.6 Å². The molecule has 106 valence electrons. The molecule has 1 amide bonds. The fourth-order valence-electron chi connectivity index (χ4n) is 1.67. The molecule has 0 spiro atoms. The van der Waals surface area contributed by atoms with Crippen LogP contribution in [0, 0.1) is 13.8 Å². The van der Waals surface area contributed by atoms with E-state index in [1.807, 2.05) is 19.9 Å². The molecule has 0 bridgehead atoms. The number of carbonyl (C=O) groups is 1. The van der Waals surface area contributed by atoms with Crippen LogP contribution in [-0.4, -0.2) is 31.4 Å². The van der Waals surface area contributed by atoms with Gasteiger partial charge in [0.1, 0.15) is 11.6 Å². The Kier molecular flexibility index (Phi) is 4.23. The highest BCUT2D eigenvalue weighted by molar-refractivity contribution is 7.99. The highest BCUT2D eigenvalue weighted by Gasteiger charge is 2.09. The van der Waals surface area contributed by atoms with Crippen molar-refractivity contribution in [2.75, 3.05) is 16.8 Å². The van der Waals surface area contributed by atoms with Gasteiger partial charge in [0.2, 0.25) is 5.91 Å². The predicted molar refractivity (Wildman–Crippen MR) is 78.5 cm³/mol. The molecular formula is C12H16N6OS. The quantitative estimate of drug-likeness (QED) is 0.647. The van der Waals surface area contributed by atoms with Crippen LogP contribution in [-0.2, 0) is 11.8 Å². The zero-order chi connectivity index (χ0) is 14.7. The van der Waals surface area contributed by atoms with E-state index in [1.165, 1.54) is 11.8 Å². The second kappa shape index (κ2) is 5.91. The number of amides is 1. The third-order valence-electron chi connectivity index (χ3n) is 2.46. The largest absolute Gasteiger partial charge is 0.384 e. The fraction of sp³-hybridized carbons (Fsp3) is 0.333. The van der Waals surface area contributed by atoms with Crippen molar-refractivity contribution in [3.8, 4) is 0 Å². The molecule has 0 atom stereocenters. The third-order valence-corrected chi connectivity index (χ3v) is 3.30. The van der Waals surface area contributed by atoms with Gasteiger partial charge in [-0.2, -0.15) is 5.10 Å². The first kappa shape index (κ1) is 14.3. The number of aryl methyl sites for hydroxylation is 3. The highest BCUT2D eigenvalue weighted by atomic mass is 32.2. The zero-order valence-electron chi connectivity index (χ0n) is 11.5. The number of aromatic nitrogens is 4. The highest BCUT2D eigenvalue weighted by Crippen LogP contribution is 2.16. The lowest BCUT2D eigenvalue weighted by atomic mass is 10.4. The number of nitrogens with two attached hydrogens (primary N) is 1. The second-order valence-corrected chi connectivity index (χ2v) is 5.29. The standard InChI is InChI=1S/C12H16N6OS/c1-7-4-9(13)15-12(14-7)20-6-11(19)16-10-5-8(2)17-18(10)3/h4-5H,6H2,1-3H3,(H,16,19)(H2,13,14,15). The summed E-state index contributed by atoms with van der Waals surface area (Å²) < 4.78 is 1.62. The molecule has 3 N–H and O–H groups in total. The first-order valence-electron chi connectivity index (χ1n) is 5.98. The van der Waals surface area contributed by atoms with Gasteiger partial charge < -0.3 is 11.1 Å². The number of hydrogen-bond donors (Lipinski definition) is 2. The van der Waals surface area contributed by atoms with E-state index >= 15 is 0 Å². The van der Waals surface area contributed by atoms with Gasteiger partial charge in [0.25, 0.3) is 0 Å². The van der Waals surface area contributed by atoms with Crippen LogP contribution in [0.15, 0.2) is 17.3 Å². The van der Waals surface area contributed by atoms with Gasteiger partial charge in [0, 0.05) is 24.9 Å². The lowest BCUT2D eigenvalue weighted by Crippen LogP contribution is -2.16. The number of thioether (sulfide) groups is 1. The number of nitrogens with one attached hydrogen (secondary N) is 1. The molecule has 2 aromatic heterocycles. The minimum atomic E-state index is -0.137. The summed E-state index contributed by atoms with van der Waals surface area (Å²) in [4.78, 5) is 20.1. The lowest BCUT2D eigenvalue weighted by Gasteiger charge is -2.05. The number of carbonyl (C=O) groups excluding carboxylic acids is 1. The van der Waals surface area contributed by atoms with Gasteiger partial charge >= 0.3 is 0 Å². The van der Waals surface area contributed by atoms with Gasteiger partial charge in [-0.3, -0.25) is 9.48 Å². The normalized spacial score (nSPS) is 10.6. The van der Waals surface area contributed by atoms with Crippen molar-refractivity contribution < 1.29 is 4.79 Å². The van der Waals surface area contributed by atoms with E-state index in [-0.39, 0.29) is 11.7 Å². The Labute approximate surface area is 121 Å². The molecule has 2 rings (SSSR count). The van der Waals surface area contributed by atoms with Gasteiger partial charge in [-0.1, -0.05) is 11.8 Å². The second-order valence-electron chi connectivity index (χ2n) is 4.35. The Morgan fingerprint density at radius 1 is 1.35 bits per heavy atom. The number of hydrogen-bond acceptors (Lipinski definition) is 6. The maximum absolute atomic E-state index is 11.9. The number of nitrogens with zero attached hydrogens (tertiary/aromatic N) is 4. The maximum atomic E-state index is 11.9. The Morgan fingerprint density at radius 2 is 2.10 bits per heavy atom. The summed E-state index contributed by atoms with van der Waals surface area (Å²) in [5, 5.41) is 7.44. The predicted octanol–water partition coefficient (Wildman–Crippen LogP) is 1.14. The molecule has 0 aliphatic heterocycles. The molecule has 0 unspecified atom stereocenters. The van der Waals surface area contributed by atoms with Gasteiger partial charge in [-0.15, -0.1) is 0 Å². The SMILES string of the molecule is Cc1cc(N)nc(SCC(=O)Nc2cc(C)nn2C)n1. The van der Waals surface area contributed by atoms with Crippen molar-refractivity contribution >= 4 is 29.3 Å². The maximum Gasteiger partial charge on any atom is 0.235 e. The van der Waals surface area contributed by atoms with Crippen LogP contribution in [0.1, 0.15) is 11.4 Å². The summed E-state index contributed by atoms with van der Waals surface area (Å²) in [6.07, 6.45) is 0. The van der Waals surface area contributed by atoms with Crippen LogP contribution in [0.2, 0.25) is 0 Å². The van der Waals surface area contributed by atoms with Crippen molar-refractivity contribution in [3.05, 3.63) is 23.5 Å². The average Bonchev–Trinajstić information content (AvgIpc) is 2.64. The Bertz CT molecular complexity index is 619. The van der Waals surface area contributed by atoms with Crippen molar-refractivity contribution in [1.29, 1.82) is 0 Å². The smallest absolute Gasteiger partial charge is 0.235 e. The average molecular weight is 292 g/mol. The van der Waals surface area contributed by atoms with Crippen molar-refractivity contribution in [3.63, 3.8) is 0 Å². The van der Waals surface area contributed by atoms with Gasteiger partial charge in [-0.05, 0) is 13.8 Å². The van der Waals surface area contributed by atoms with E-state index in [9.17, 15) is 4.79 Å². The monoisotopic (exact) mass is 292 g/mol. The molecule has 20 heavy (non-hydrogen) atoms. The van der Waals surface area contributed by atoms with Crippen LogP contribution in [0.5, 0.6) is 0 Å². The molecule has 2 aromatic rings. The first-order valence-corrected chi connectivity index (χ1v) is 6.97. The molecule has 0 fully saturated rings. The Balaban J connectivity index is 1.93. The van der Waals surface area contributed by atoms with E-state index in [1.54, 1.807) is 17.8 Å². The number of nitrogen functional groups attached to an aromatic ring is 1. The van der Waals surface area contributed by atoms with Crippen molar-refractivity contribution in [2.24, 2.45) is 7.05 Å². The number of anilines is 2. The van der Waals surface area contributed by atoms with E-state index in [4.69, 9.17) is 5.73 Å². The summed E-state index contributed by atoms with van der Waals surface area (Å²) in [5.41, 5.74) is 7.27. The van der Waals surface area contributed by atoms with E-state index in [2.05, 4.69) is 20.4 Å². The van der Waals surface area contributed by atoms with Gasteiger partial charge in [-0.25, -0.2) is 9.97 Å². The van der Waals surface area contributed by atoms with Crippen LogP contribution in [0.25, 0.3) is 0 Å². The zero-order valence-corrected chi connectivity index (χ0v) is 12.4. The van der Waals surface area contributed by atoms with Crippen molar-refractivity contribution in [1.82, 2.24) is 19.7 Å². The molecule has 2 heterocycles. The fourth-order valence-corrected chi connectivity index (χ4v) is 2.38. The number of rotatable bonds is 4. The van der Waals surface area contributed by atoms with E-state index in [0.717, 1.165) is 11.4 Å². The molecule has 0 aromatic carbocycles. The summed E-state index contributed by atoms with van der Waals surface area (Å²) >= 11 is 1.24. The van der Waals surface area contributed by atoms with Crippen molar-refractivity contribution in [2.45, 2.75) is 19.0 Å². The Hall–Kier alpha value is -2.09. The Morgan fingerprint density at radius 3 is 2.70 bits per heavy atom. The molecule has 0 radical (unpaired) electrons. The van der Waals surface area contributed by atoms with Gasteiger partial charge in [0.05, 0.1) is 11.4 Å². The minimum Gasteiger partial charge on any atom is -0.384 e. The molecule has 7 nitrogen and oxygen atoms in total. The molecule has 0 saturated carbocycles. The topological polar surface area (TPSA) is 98.7 Å². The van der Waals surface area contributed by atoms with Crippen LogP contribution in [0.3, 0.4) is 0 Å². The molecular weight excluding hydrogens is 276 g/mol. The van der Waals surface area contributed by atoms with Crippen LogP contribution >= 0.6 is 11.8 Å². The molecule has 0 aliphatic rings. The van der Waals surface area contributed by atoms with Crippen LogP contribution < -0.4 is 11.1 Å². The van der Waals surface area contributed by atoms with E-state index in [0.29, 0.717) is 16.8 Å². The summed E-state index contributed by atoms with van der Waals surface area (Å²) in [5.74, 6) is 1.15. The lowest BCUT2D eigenvalue weighted by molar-refractivity contribution is -0.113.